The van der Waals surface area contributed by atoms with E-state index < -0.39 is 0 Å². The van der Waals surface area contributed by atoms with Gasteiger partial charge in [-0.25, -0.2) is 4.98 Å². The zero-order valence-corrected chi connectivity index (χ0v) is 20.8. The fourth-order valence-electron chi connectivity index (χ4n) is 3.94. The van der Waals surface area contributed by atoms with Crippen molar-refractivity contribution in [3.63, 3.8) is 0 Å². The number of morpholine rings is 1. The zero-order valence-electron chi connectivity index (χ0n) is 19.9. The Labute approximate surface area is 211 Å². The Hall–Kier alpha value is -3.12. The normalized spacial score (nSPS) is 13.9. The number of nitrogens with two attached hydrogens (primary N) is 1. The molecule has 1 saturated heterocycles. The SMILES string of the molecule is N#Cc1ccc(OCCCCCOc2ccc(-c3nc(N)sc3CCN3CCOCC3)cc2)cc1. The van der Waals surface area contributed by atoms with E-state index in [1.165, 1.54) is 4.88 Å². The van der Waals surface area contributed by atoms with Crippen molar-refractivity contribution >= 4 is 16.5 Å². The van der Waals surface area contributed by atoms with Crippen LogP contribution >= 0.6 is 11.3 Å². The third-order valence-corrected chi connectivity index (χ3v) is 6.85. The van der Waals surface area contributed by atoms with Gasteiger partial charge in [-0.2, -0.15) is 5.26 Å². The molecule has 1 fully saturated rings. The Morgan fingerprint density at radius 3 is 2.20 bits per heavy atom. The molecule has 0 amide bonds. The smallest absolute Gasteiger partial charge is 0.180 e. The van der Waals surface area contributed by atoms with Crippen LogP contribution in [0, 0.1) is 11.3 Å². The van der Waals surface area contributed by atoms with Crippen LogP contribution in [-0.4, -0.2) is 55.9 Å². The first-order chi connectivity index (χ1) is 17.2. The summed E-state index contributed by atoms with van der Waals surface area (Å²) in [6, 6.07) is 17.4. The lowest BCUT2D eigenvalue weighted by atomic mass is 10.1. The van der Waals surface area contributed by atoms with Gasteiger partial charge in [0, 0.05) is 30.1 Å². The molecule has 0 radical (unpaired) electrons. The lowest BCUT2D eigenvalue weighted by Crippen LogP contribution is -2.37. The Balaban J connectivity index is 1.17. The topological polar surface area (TPSA) is 93.6 Å². The molecule has 1 aromatic heterocycles. The van der Waals surface area contributed by atoms with Crippen molar-refractivity contribution in [3.8, 4) is 28.8 Å². The number of nitriles is 1. The van der Waals surface area contributed by atoms with Crippen LogP contribution in [0.2, 0.25) is 0 Å². The Morgan fingerprint density at radius 1 is 0.943 bits per heavy atom. The number of benzene rings is 2. The summed E-state index contributed by atoms with van der Waals surface area (Å²) in [6.07, 6.45) is 3.89. The second kappa shape index (κ2) is 13.1. The molecule has 2 heterocycles. The van der Waals surface area contributed by atoms with Crippen molar-refractivity contribution in [2.45, 2.75) is 25.7 Å². The van der Waals surface area contributed by atoms with Gasteiger partial charge in [-0.05, 0) is 74.2 Å². The van der Waals surface area contributed by atoms with E-state index >= 15 is 0 Å². The second-order valence-electron chi connectivity index (χ2n) is 8.45. The number of thiazole rings is 1. The molecule has 2 N–H and O–H groups in total. The van der Waals surface area contributed by atoms with E-state index in [0.29, 0.717) is 23.9 Å². The fraction of sp³-hybridized carbons (Fsp3) is 0.407. The molecule has 3 aromatic rings. The summed E-state index contributed by atoms with van der Waals surface area (Å²) in [6.45, 7) is 5.92. The Morgan fingerprint density at radius 2 is 1.57 bits per heavy atom. The van der Waals surface area contributed by atoms with E-state index in [0.717, 1.165) is 81.3 Å². The molecule has 0 unspecified atom stereocenters. The van der Waals surface area contributed by atoms with E-state index in [1.54, 1.807) is 23.5 Å². The van der Waals surface area contributed by atoms with E-state index in [4.69, 9.17) is 25.2 Å². The molecule has 2 aromatic carbocycles. The lowest BCUT2D eigenvalue weighted by molar-refractivity contribution is 0.0385. The van der Waals surface area contributed by atoms with Crippen molar-refractivity contribution in [3.05, 3.63) is 59.0 Å². The van der Waals surface area contributed by atoms with Gasteiger partial charge in [-0.1, -0.05) is 0 Å². The molecule has 0 saturated carbocycles. The van der Waals surface area contributed by atoms with Crippen LogP contribution in [0.25, 0.3) is 11.3 Å². The number of aromatic nitrogens is 1. The molecule has 4 rings (SSSR count). The lowest BCUT2D eigenvalue weighted by Gasteiger charge is -2.26. The Bertz CT molecular complexity index is 1090. The largest absolute Gasteiger partial charge is 0.494 e. The molecule has 8 heteroatoms. The number of nitrogen functional groups attached to an aromatic ring is 1. The van der Waals surface area contributed by atoms with Crippen molar-refractivity contribution in [2.75, 3.05) is 51.8 Å². The highest BCUT2D eigenvalue weighted by Gasteiger charge is 2.15. The number of unbranched alkanes of at least 4 members (excludes halogenated alkanes) is 2. The first kappa shape index (κ1) is 25.0. The molecule has 0 aliphatic carbocycles. The summed E-state index contributed by atoms with van der Waals surface area (Å²) in [4.78, 5) is 8.25. The van der Waals surface area contributed by atoms with E-state index in [-0.39, 0.29) is 0 Å². The molecule has 7 nitrogen and oxygen atoms in total. The van der Waals surface area contributed by atoms with E-state index in [2.05, 4.69) is 28.1 Å². The summed E-state index contributed by atoms with van der Waals surface area (Å²) in [5, 5.41) is 9.44. The summed E-state index contributed by atoms with van der Waals surface area (Å²) in [5.74, 6) is 1.66. The van der Waals surface area contributed by atoms with Gasteiger partial charge in [0.15, 0.2) is 5.13 Å². The van der Waals surface area contributed by atoms with Gasteiger partial charge in [-0.3, -0.25) is 4.90 Å². The van der Waals surface area contributed by atoms with Crippen LogP contribution in [-0.2, 0) is 11.2 Å². The third-order valence-electron chi connectivity index (χ3n) is 5.91. The predicted molar refractivity (Wildman–Crippen MR) is 139 cm³/mol. The van der Waals surface area contributed by atoms with Gasteiger partial charge >= 0.3 is 0 Å². The molecule has 184 valence electrons. The van der Waals surface area contributed by atoms with Crippen molar-refractivity contribution < 1.29 is 14.2 Å². The van der Waals surface area contributed by atoms with Gasteiger partial charge in [0.05, 0.1) is 43.8 Å². The van der Waals surface area contributed by atoms with E-state index in [1.807, 2.05) is 24.3 Å². The molecule has 35 heavy (non-hydrogen) atoms. The second-order valence-corrected chi connectivity index (χ2v) is 9.56. The first-order valence-electron chi connectivity index (χ1n) is 12.1. The van der Waals surface area contributed by atoms with E-state index in [9.17, 15) is 0 Å². The van der Waals surface area contributed by atoms with Crippen molar-refractivity contribution in [2.24, 2.45) is 0 Å². The highest BCUT2D eigenvalue weighted by Crippen LogP contribution is 2.31. The minimum atomic E-state index is 0.612. The molecule has 0 atom stereocenters. The number of hydrogen-bond donors (Lipinski definition) is 1. The molecule has 0 spiro atoms. The van der Waals surface area contributed by atoms with Crippen molar-refractivity contribution in [1.82, 2.24) is 9.88 Å². The van der Waals surface area contributed by atoms with Gasteiger partial charge in [0.25, 0.3) is 0 Å². The number of anilines is 1. The van der Waals surface area contributed by atoms with Crippen LogP contribution in [0.4, 0.5) is 5.13 Å². The maximum absolute atomic E-state index is 8.83. The fourth-order valence-corrected chi connectivity index (χ4v) is 4.79. The molecule has 1 aliphatic rings. The minimum absolute atomic E-state index is 0.612. The number of hydrogen-bond acceptors (Lipinski definition) is 8. The Kier molecular flexibility index (Phi) is 9.35. The van der Waals surface area contributed by atoms with Gasteiger partial charge in [0.1, 0.15) is 11.5 Å². The van der Waals surface area contributed by atoms with Crippen LogP contribution in [0.15, 0.2) is 48.5 Å². The zero-order chi connectivity index (χ0) is 24.3. The monoisotopic (exact) mass is 492 g/mol. The van der Waals surface area contributed by atoms with Crippen LogP contribution in [0.1, 0.15) is 29.7 Å². The summed E-state index contributed by atoms with van der Waals surface area (Å²) < 4.78 is 17.1. The summed E-state index contributed by atoms with van der Waals surface area (Å²) in [5.41, 5.74) is 8.74. The quantitative estimate of drug-likeness (QED) is 0.364. The minimum Gasteiger partial charge on any atom is -0.494 e. The maximum atomic E-state index is 8.83. The number of ether oxygens (including phenoxy) is 3. The molecule has 0 bridgehead atoms. The highest BCUT2D eigenvalue weighted by molar-refractivity contribution is 7.15. The molecular formula is C27H32N4O3S. The van der Waals surface area contributed by atoms with Gasteiger partial charge in [-0.15, -0.1) is 11.3 Å². The maximum Gasteiger partial charge on any atom is 0.180 e. The summed E-state index contributed by atoms with van der Waals surface area (Å²) >= 11 is 1.58. The van der Waals surface area contributed by atoms with Crippen LogP contribution in [0.5, 0.6) is 11.5 Å². The molecular weight excluding hydrogens is 460 g/mol. The van der Waals surface area contributed by atoms with Gasteiger partial charge in [0.2, 0.25) is 0 Å². The standard InChI is InChI=1S/C27H32N4O3S/c28-20-21-4-8-23(9-5-21)33-16-2-1-3-17-34-24-10-6-22(7-11-24)26-25(35-27(29)30-26)12-13-31-14-18-32-19-15-31/h4-11H,1-3,12-19H2,(H2,29,30). The number of nitrogens with zero attached hydrogens (tertiary/aromatic N) is 3. The van der Waals surface area contributed by atoms with Gasteiger partial charge < -0.3 is 19.9 Å². The average Bonchev–Trinajstić information content (AvgIpc) is 3.28. The molecule has 1 aliphatic heterocycles. The third kappa shape index (κ3) is 7.69. The average molecular weight is 493 g/mol. The van der Waals surface area contributed by atoms with Crippen LogP contribution < -0.4 is 15.2 Å². The van der Waals surface area contributed by atoms with Crippen LogP contribution in [0.3, 0.4) is 0 Å². The predicted octanol–water partition coefficient (Wildman–Crippen LogP) is 4.77. The number of rotatable bonds is 12. The summed E-state index contributed by atoms with van der Waals surface area (Å²) in [7, 11) is 0. The highest BCUT2D eigenvalue weighted by atomic mass is 32.1. The van der Waals surface area contributed by atoms with Crippen molar-refractivity contribution in [1.29, 1.82) is 5.26 Å². The first-order valence-corrected chi connectivity index (χ1v) is 12.9.